The number of β-amino-alcohol motifs (C(OH)–C–C–N with tert-alkyl or cyclic N) is 1. The van der Waals surface area contributed by atoms with Gasteiger partial charge in [0.1, 0.15) is 0 Å². The highest BCUT2D eigenvalue weighted by Crippen LogP contribution is 2.07. The molecule has 0 radical (unpaired) electrons. The van der Waals surface area contributed by atoms with Crippen LogP contribution in [-0.2, 0) is 6.54 Å². The molecular weight excluding hydrogens is 250 g/mol. The Labute approximate surface area is 122 Å². The van der Waals surface area contributed by atoms with Crippen molar-refractivity contribution in [2.24, 2.45) is 0 Å². The summed E-state index contributed by atoms with van der Waals surface area (Å²) >= 11 is 0. The fourth-order valence-corrected chi connectivity index (χ4v) is 2.80. The van der Waals surface area contributed by atoms with Crippen LogP contribution >= 0.6 is 0 Å². The number of nitrogens with one attached hydrogen (secondary N) is 1. The quantitative estimate of drug-likeness (QED) is 0.802. The van der Waals surface area contributed by atoms with Crippen LogP contribution in [0.15, 0.2) is 24.3 Å². The predicted molar refractivity (Wildman–Crippen MR) is 82.8 cm³/mol. The number of benzene rings is 1. The summed E-state index contributed by atoms with van der Waals surface area (Å²) in [5, 5.41) is 13.5. The fraction of sp³-hybridized carbons (Fsp3) is 0.625. The van der Waals surface area contributed by atoms with Gasteiger partial charge in [0, 0.05) is 45.8 Å². The fourth-order valence-electron chi connectivity index (χ4n) is 2.80. The summed E-state index contributed by atoms with van der Waals surface area (Å²) in [5.74, 6) is 0. The smallest absolute Gasteiger partial charge is 0.0793 e. The minimum atomic E-state index is -0.275. The Morgan fingerprint density at radius 1 is 1.35 bits per heavy atom. The molecule has 1 aromatic rings. The Kier molecular flexibility index (Phi) is 5.98. The van der Waals surface area contributed by atoms with Gasteiger partial charge < -0.3 is 10.4 Å². The van der Waals surface area contributed by atoms with Crippen molar-refractivity contribution in [2.45, 2.75) is 19.6 Å². The third-order valence-corrected chi connectivity index (χ3v) is 3.74. The molecule has 4 heteroatoms. The van der Waals surface area contributed by atoms with Crippen LogP contribution in [0.3, 0.4) is 0 Å². The molecular formula is C16H27N3O. The maximum atomic E-state index is 10.2. The number of hydrogen-bond donors (Lipinski definition) is 2. The number of hydrogen-bond acceptors (Lipinski definition) is 4. The molecule has 0 bridgehead atoms. The van der Waals surface area contributed by atoms with Crippen LogP contribution in [0.4, 0.5) is 0 Å². The van der Waals surface area contributed by atoms with E-state index in [9.17, 15) is 5.11 Å². The third kappa shape index (κ3) is 5.21. The molecule has 0 aromatic heterocycles. The van der Waals surface area contributed by atoms with E-state index in [1.807, 2.05) is 0 Å². The first kappa shape index (κ1) is 15.4. The van der Waals surface area contributed by atoms with E-state index < -0.39 is 0 Å². The summed E-state index contributed by atoms with van der Waals surface area (Å²) in [5.41, 5.74) is 2.60. The summed E-state index contributed by atoms with van der Waals surface area (Å²) in [6, 6.07) is 8.56. The molecule has 1 atom stereocenters. The van der Waals surface area contributed by atoms with E-state index in [4.69, 9.17) is 0 Å². The molecule has 112 valence electrons. The van der Waals surface area contributed by atoms with Crippen LogP contribution in [0.25, 0.3) is 0 Å². The van der Waals surface area contributed by atoms with E-state index in [0.29, 0.717) is 0 Å². The Bertz CT molecular complexity index is 404. The van der Waals surface area contributed by atoms with E-state index in [-0.39, 0.29) is 6.10 Å². The molecule has 4 nitrogen and oxygen atoms in total. The molecule has 1 saturated heterocycles. The van der Waals surface area contributed by atoms with Gasteiger partial charge in [-0.05, 0) is 19.5 Å². The van der Waals surface area contributed by atoms with Gasteiger partial charge in [-0.2, -0.15) is 0 Å². The lowest BCUT2D eigenvalue weighted by Gasteiger charge is -2.30. The summed E-state index contributed by atoms with van der Waals surface area (Å²) in [6.45, 7) is 8.65. The minimum absolute atomic E-state index is 0.275. The highest BCUT2D eigenvalue weighted by Gasteiger charge is 2.15. The highest BCUT2D eigenvalue weighted by atomic mass is 16.3. The molecule has 1 aliphatic rings. The molecule has 1 unspecified atom stereocenters. The second kappa shape index (κ2) is 7.74. The van der Waals surface area contributed by atoms with Crippen molar-refractivity contribution in [3.05, 3.63) is 35.4 Å². The van der Waals surface area contributed by atoms with E-state index in [1.165, 1.54) is 11.1 Å². The number of aryl methyl sites for hydroxylation is 1. The summed E-state index contributed by atoms with van der Waals surface area (Å²) in [7, 11) is 2.07. The number of aliphatic hydroxyl groups excluding tert-OH is 1. The lowest BCUT2D eigenvalue weighted by atomic mass is 10.1. The summed E-state index contributed by atoms with van der Waals surface area (Å²) in [6.07, 6.45) is -0.275. The lowest BCUT2D eigenvalue weighted by Crippen LogP contribution is -2.47. The monoisotopic (exact) mass is 277 g/mol. The van der Waals surface area contributed by atoms with Gasteiger partial charge in [0.2, 0.25) is 0 Å². The van der Waals surface area contributed by atoms with Gasteiger partial charge in [-0.3, -0.25) is 9.80 Å². The van der Waals surface area contributed by atoms with Crippen molar-refractivity contribution in [1.29, 1.82) is 0 Å². The Balaban J connectivity index is 1.74. The molecule has 1 fully saturated rings. The normalized spacial score (nSPS) is 18.4. The average molecular weight is 277 g/mol. The van der Waals surface area contributed by atoms with Gasteiger partial charge in [0.15, 0.2) is 0 Å². The summed E-state index contributed by atoms with van der Waals surface area (Å²) < 4.78 is 0. The molecule has 2 N–H and O–H groups in total. The largest absolute Gasteiger partial charge is 0.390 e. The molecule has 0 amide bonds. The SMILES string of the molecule is Cc1cccc(CN(C)CC(O)CN2CCNCC2)c1. The van der Waals surface area contributed by atoms with Gasteiger partial charge in [-0.25, -0.2) is 0 Å². The lowest BCUT2D eigenvalue weighted by molar-refractivity contribution is 0.0752. The van der Waals surface area contributed by atoms with Crippen LogP contribution in [0.5, 0.6) is 0 Å². The molecule has 1 heterocycles. The Hall–Kier alpha value is -0.940. The third-order valence-electron chi connectivity index (χ3n) is 3.74. The zero-order chi connectivity index (χ0) is 14.4. The van der Waals surface area contributed by atoms with Crippen LogP contribution in [0.1, 0.15) is 11.1 Å². The van der Waals surface area contributed by atoms with Crippen molar-refractivity contribution < 1.29 is 5.11 Å². The zero-order valence-electron chi connectivity index (χ0n) is 12.7. The van der Waals surface area contributed by atoms with Crippen molar-refractivity contribution >= 4 is 0 Å². The second-order valence-corrected chi connectivity index (χ2v) is 5.89. The average Bonchev–Trinajstić information content (AvgIpc) is 2.39. The van der Waals surface area contributed by atoms with E-state index in [1.54, 1.807) is 0 Å². The van der Waals surface area contributed by atoms with Gasteiger partial charge in [-0.1, -0.05) is 29.8 Å². The van der Waals surface area contributed by atoms with E-state index in [2.05, 4.69) is 53.4 Å². The van der Waals surface area contributed by atoms with Crippen molar-refractivity contribution in [3.8, 4) is 0 Å². The molecule has 0 spiro atoms. The maximum Gasteiger partial charge on any atom is 0.0793 e. The van der Waals surface area contributed by atoms with Crippen LogP contribution in [-0.4, -0.2) is 67.3 Å². The van der Waals surface area contributed by atoms with E-state index in [0.717, 1.165) is 45.8 Å². The highest BCUT2D eigenvalue weighted by molar-refractivity contribution is 5.21. The number of piperazine rings is 1. The van der Waals surface area contributed by atoms with Crippen LogP contribution in [0, 0.1) is 6.92 Å². The Morgan fingerprint density at radius 3 is 2.80 bits per heavy atom. The number of nitrogens with zero attached hydrogens (tertiary/aromatic N) is 2. The molecule has 1 aromatic carbocycles. The first-order valence-corrected chi connectivity index (χ1v) is 7.49. The van der Waals surface area contributed by atoms with Crippen molar-refractivity contribution in [3.63, 3.8) is 0 Å². The van der Waals surface area contributed by atoms with Crippen molar-refractivity contribution in [1.82, 2.24) is 15.1 Å². The standard InChI is InChI=1S/C16H27N3O/c1-14-4-3-5-15(10-14)11-18(2)12-16(20)13-19-8-6-17-7-9-19/h3-5,10,16-17,20H,6-9,11-13H2,1-2H3. The number of likely N-dealkylation sites (N-methyl/N-ethyl adjacent to an activating group) is 1. The van der Waals surface area contributed by atoms with Gasteiger partial charge >= 0.3 is 0 Å². The second-order valence-electron chi connectivity index (χ2n) is 5.89. The molecule has 1 aliphatic heterocycles. The zero-order valence-corrected chi connectivity index (χ0v) is 12.7. The molecule has 0 saturated carbocycles. The molecule has 20 heavy (non-hydrogen) atoms. The van der Waals surface area contributed by atoms with Crippen LogP contribution < -0.4 is 5.32 Å². The topological polar surface area (TPSA) is 38.7 Å². The first-order valence-electron chi connectivity index (χ1n) is 7.49. The van der Waals surface area contributed by atoms with Gasteiger partial charge in [0.25, 0.3) is 0 Å². The maximum absolute atomic E-state index is 10.2. The van der Waals surface area contributed by atoms with E-state index >= 15 is 0 Å². The Morgan fingerprint density at radius 2 is 2.10 bits per heavy atom. The predicted octanol–water partition coefficient (Wildman–Crippen LogP) is 0.693. The van der Waals surface area contributed by atoms with Crippen LogP contribution in [0.2, 0.25) is 0 Å². The van der Waals surface area contributed by atoms with Gasteiger partial charge in [-0.15, -0.1) is 0 Å². The van der Waals surface area contributed by atoms with Gasteiger partial charge in [0.05, 0.1) is 6.10 Å². The first-order chi connectivity index (χ1) is 9.63. The molecule has 0 aliphatic carbocycles. The minimum Gasteiger partial charge on any atom is -0.390 e. The number of aliphatic hydroxyl groups is 1. The summed E-state index contributed by atoms with van der Waals surface area (Å²) in [4.78, 5) is 4.53. The van der Waals surface area contributed by atoms with Crippen molar-refractivity contribution in [2.75, 3.05) is 46.3 Å². The number of rotatable bonds is 6. The molecule has 2 rings (SSSR count).